The van der Waals surface area contributed by atoms with Crippen LogP contribution in [0.3, 0.4) is 0 Å². The van der Waals surface area contributed by atoms with Crippen molar-refractivity contribution < 1.29 is 13.5 Å². The first-order valence-electron chi connectivity index (χ1n) is 10.6. The smallest absolute Gasteiger partial charge is 0.349 e. The average Bonchev–Trinajstić information content (AvgIpc) is 3.58. The van der Waals surface area contributed by atoms with Crippen LogP contribution < -0.4 is 5.73 Å². The zero-order chi connectivity index (χ0) is 21.8. The molecule has 2 N–H and O–H groups in total. The van der Waals surface area contributed by atoms with E-state index in [0.29, 0.717) is 30.3 Å². The zero-order valence-corrected chi connectivity index (χ0v) is 18.6. The lowest BCUT2D eigenvalue weighted by Gasteiger charge is -2.36. The minimum absolute atomic E-state index is 0.0745. The van der Waals surface area contributed by atoms with Crippen LogP contribution in [0.15, 0.2) is 78.0 Å². The Bertz CT molecular complexity index is 1080. The SMILES string of the molecule is Cc1ccc(S(=O)C[N+](Cc2cccnc2)(CC2CC2)C(=O)c2ccccc2N)cc1. The predicted octanol–water partition coefficient (Wildman–Crippen LogP) is 4.30. The third-order valence-corrected chi connectivity index (χ3v) is 7.31. The van der Waals surface area contributed by atoms with Crippen molar-refractivity contribution in [1.29, 1.82) is 0 Å². The largest absolute Gasteiger partial charge is 0.398 e. The van der Waals surface area contributed by atoms with Gasteiger partial charge >= 0.3 is 5.91 Å². The van der Waals surface area contributed by atoms with E-state index in [0.717, 1.165) is 28.9 Å². The summed E-state index contributed by atoms with van der Waals surface area (Å²) in [7, 11) is -1.33. The summed E-state index contributed by atoms with van der Waals surface area (Å²) in [4.78, 5) is 19.0. The molecule has 0 aliphatic heterocycles. The molecular weight excluding hydrogens is 406 g/mol. The van der Waals surface area contributed by atoms with Gasteiger partial charge in [-0.2, -0.15) is 0 Å². The molecule has 0 saturated heterocycles. The number of benzene rings is 2. The summed E-state index contributed by atoms with van der Waals surface area (Å²) in [5, 5.41) is 0. The molecule has 1 aliphatic carbocycles. The fourth-order valence-corrected chi connectivity index (χ4v) is 5.30. The highest BCUT2D eigenvalue weighted by molar-refractivity contribution is 7.84. The molecule has 1 aromatic heterocycles. The second-order valence-electron chi connectivity index (χ2n) is 8.47. The van der Waals surface area contributed by atoms with E-state index in [9.17, 15) is 9.00 Å². The number of hydrogen-bond donors (Lipinski definition) is 1. The molecule has 1 aliphatic rings. The first-order chi connectivity index (χ1) is 15.0. The fourth-order valence-electron chi connectivity index (χ4n) is 3.95. The Kier molecular flexibility index (Phi) is 6.30. The zero-order valence-electron chi connectivity index (χ0n) is 17.7. The van der Waals surface area contributed by atoms with Crippen LogP contribution in [-0.2, 0) is 17.3 Å². The number of rotatable bonds is 8. The highest BCUT2D eigenvalue weighted by Gasteiger charge is 2.45. The molecule has 1 heterocycles. The fraction of sp³-hybridized carbons (Fsp3) is 0.280. The van der Waals surface area contributed by atoms with Gasteiger partial charge in [-0.05, 0) is 50.1 Å². The quantitative estimate of drug-likeness (QED) is 0.424. The Labute approximate surface area is 186 Å². The van der Waals surface area contributed by atoms with Crippen molar-refractivity contribution in [3.8, 4) is 0 Å². The molecule has 3 aromatic rings. The molecule has 0 bridgehead atoms. The van der Waals surface area contributed by atoms with E-state index in [1.807, 2.05) is 55.5 Å². The normalized spacial score (nSPS) is 16.4. The number of pyridine rings is 1. The number of aromatic nitrogens is 1. The van der Waals surface area contributed by atoms with E-state index in [1.54, 1.807) is 24.5 Å². The summed E-state index contributed by atoms with van der Waals surface area (Å²) in [6.07, 6.45) is 5.71. The number of aryl methyl sites for hydroxylation is 1. The van der Waals surface area contributed by atoms with Crippen LogP contribution in [0.4, 0.5) is 5.69 Å². The summed E-state index contributed by atoms with van der Waals surface area (Å²) >= 11 is 0. The molecule has 5 nitrogen and oxygen atoms in total. The second-order valence-corrected chi connectivity index (χ2v) is 9.89. The van der Waals surface area contributed by atoms with Crippen molar-refractivity contribution >= 4 is 22.4 Å². The molecule has 0 spiro atoms. The van der Waals surface area contributed by atoms with Gasteiger partial charge in [-0.1, -0.05) is 35.9 Å². The number of nitrogens with two attached hydrogens (primary N) is 1. The van der Waals surface area contributed by atoms with Gasteiger partial charge in [0.15, 0.2) is 5.88 Å². The summed E-state index contributed by atoms with van der Waals surface area (Å²) in [6, 6.07) is 18.7. The lowest BCUT2D eigenvalue weighted by atomic mass is 10.1. The lowest BCUT2D eigenvalue weighted by Crippen LogP contribution is -2.55. The van der Waals surface area contributed by atoms with Crippen LogP contribution in [-0.4, -0.2) is 32.0 Å². The molecular formula is C25H28N3O2S+. The Hall–Kier alpha value is -2.83. The highest BCUT2D eigenvalue weighted by atomic mass is 32.2. The van der Waals surface area contributed by atoms with E-state index < -0.39 is 10.8 Å². The minimum Gasteiger partial charge on any atom is -0.398 e. The Morgan fingerprint density at radius 3 is 2.48 bits per heavy atom. The van der Waals surface area contributed by atoms with Gasteiger partial charge in [-0.25, -0.2) is 13.5 Å². The molecule has 0 radical (unpaired) electrons. The van der Waals surface area contributed by atoms with E-state index in [1.165, 1.54) is 0 Å². The minimum atomic E-state index is -1.33. The number of para-hydroxylation sites is 1. The summed E-state index contributed by atoms with van der Waals surface area (Å²) < 4.78 is 13.6. The molecule has 1 amide bonds. The van der Waals surface area contributed by atoms with Gasteiger partial charge in [0.25, 0.3) is 0 Å². The van der Waals surface area contributed by atoms with Gasteiger partial charge in [0.2, 0.25) is 0 Å². The third-order valence-electron chi connectivity index (χ3n) is 5.78. The molecule has 4 rings (SSSR count). The molecule has 2 atom stereocenters. The number of carbonyl (C=O) groups is 1. The first kappa shape index (κ1) is 21.4. The molecule has 2 aromatic carbocycles. The predicted molar refractivity (Wildman–Crippen MR) is 123 cm³/mol. The van der Waals surface area contributed by atoms with Crippen molar-refractivity contribution in [3.63, 3.8) is 0 Å². The topological polar surface area (TPSA) is 73.0 Å². The van der Waals surface area contributed by atoms with Gasteiger partial charge in [-0.3, -0.25) is 4.98 Å². The van der Waals surface area contributed by atoms with Crippen molar-refractivity contribution in [2.75, 3.05) is 18.2 Å². The van der Waals surface area contributed by atoms with Crippen LogP contribution in [0.2, 0.25) is 0 Å². The standard InChI is InChI=1S/C25H27N3O2S/c1-19-8-12-22(13-9-19)31(30)18-28(16-20-10-11-20,17-21-5-4-14-27-15-21)25(29)23-6-2-3-7-24(23)26/h2-9,12-15,20H,10-11,16-18H2,1H3,(H-,26,29)/p+1. The number of hydrogen-bond acceptors (Lipinski definition) is 4. The molecule has 31 heavy (non-hydrogen) atoms. The summed E-state index contributed by atoms with van der Waals surface area (Å²) in [6.45, 7) is 3.10. The monoisotopic (exact) mass is 434 g/mol. The molecule has 1 saturated carbocycles. The number of nitrogen functional groups attached to an aromatic ring is 1. The Balaban J connectivity index is 1.76. The Morgan fingerprint density at radius 2 is 1.84 bits per heavy atom. The van der Waals surface area contributed by atoms with Crippen molar-refractivity contribution in [2.45, 2.75) is 31.2 Å². The van der Waals surface area contributed by atoms with Gasteiger partial charge in [0, 0.05) is 34.5 Å². The molecule has 2 unspecified atom stereocenters. The van der Waals surface area contributed by atoms with Crippen LogP contribution >= 0.6 is 0 Å². The van der Waals surface area contributed by atoms with Crippen molar-refractivity contribution in [2.24, 2.45) is 5.92 Å². The molecule has 1 fully saturated rings. The van der Waals surface area contributed by atoms with E-state index in [4.69, 9.17) is 5.73 Å². The lowest BCUT2D eigenvalue weighted by molar-refractivity contribution is -0.852. The van der Waals surface area contributed by atoms with E-state index >= 15 is 0 Å². The Morgan fingerprint density at radius 1 is 1.10 bits per heavy atom. The van der Waals surface area contributed by atoms with Crippen molar-refractivity contribution in [3.05, 3.63) is 89.7 Å². The maximum absolute atomic E-state index is 14.0. The van der Waals surface area contributed by atoms with Crippen molar-refractivity contribution in [1.82, 2.24) is 4.98 Å². The third kappa shape index (κ3) is 5.09. The van der Waals surface area contributed by atoms with Crippen LogP contribution in [0, 0.1) is 12.8 Å². The molecule has 6 heteroatoms. The number of carbonyl (C=O) groups excluding carboxylic acids is 1. The van der Waals surface area contributed by atoms with Gasteiger partial charge in [0.1, 0.15) is 22.9 Å². The van der Waals surface area contributed by atoms with E-state index in [-0.39, 0.29) is 16.3 Å². The van der Waals surface area contributed by atoms with E-state index in [2.05, 4.69) is 4.98 Å². The number of amides is 1. The van der Waals surface area contributed by atoms with Gasteiger partial charge in [0.05, 0.1) is 6.54 Å². The maximum Gasteiger partial charge on any atom is 0.349 e. The summed E-state index contributed by atoms with van der Waals surface area (Å²) in [5.41, 5.74) is 9.21. The highest BCUT2D eigenvalue weighted by Crippen LogP contribution is 2.36. The van der Waals surface area contributed by atoms with Crippen LogP contribution in [0.1, 0.15) is 34.3 Å². The van der Waals surface area contributed by atoms with Gasteiger partial charge in [-0.15, -0.1) is 0 Å². The number of quaternary nitrogens is 1. The van der Waals surface area contributed by atoms with Gasteiger partial charge < -0.3 is 5.73 Å². The summed E-state index contributed by atoms with van der Waals surface area (Å²) in [5.74, 6) is 0.594. The van der Waals surface area contributed by atoms with Crippen LogP contribution in [0.25, 0.3) is 0 Å². The maximum atomic E-state index is 14.0. The number of nitrogens with zero attached hydrogens (tertiary/aromatic N) is 2. The second kappa shape index (κ2) is 9.12. The average molecular weight is 435 g/mol. The van der Waals surface area contributed by atoms with Crippen LogP contribution in [0.5, 0.6) is 0 Å². The number of anilines is 1. The molecule has 160 valence electrons. The first-order valence-corrected chi connectivity index (χ1v) is 11.9.